The van der Waals surface area contributed by atoms with Crippen molar-refractivity contribution in [2.45, 2.75) is 19.5 Å². The molecule has 0 aliphatic carbocycles. The first-order valence-corrected chi connectivity index (χ1v) is 8.93. The first-order valence-electron chi connectivity index (χ1n) is 8.93. The summed E-state index contributed by atoms with van der Waals surface area (Å²) in [5.74, 6) is 6.90. The van der Waals surface area contributed by atoms with Crippen LogP contribution in [-0.4, -0.2) is 41.1 Å². The Morgan fingerprint density at radius 1 is 1.29 bits per heavy atom. The summed E-state index contributed by atoms with van der Waals surface area (Å²) in [6, 6.07) is 6.03. The Balaban J connectivity index is 1.61. The van der Waals surface area contributed by atoms with Crippen LogP contribution in [0.25, 0.3) is 16.8 Å². The van der Waals surface area contributed by atoms with Crippen LogP contribution in [0, 0.1) is 0 Å². The van der Waals surface area contributed by atoms with Gasteiger partial charge >= 0.3 is 0 Å². The van der Waals surface area contributed by atoms with Crippen LogP contribution in [0.1, 0.15) is 18.5 Å². The van der Waals surface area contributed by atoms with Crippen LogP contribution in [0.5, 0.6) is 0 Å². The average molecular weight is 380 g/mol. The third-order valence-electron chi connectivity index (χ3n) is 4.49. The number of nitrogens with zero attached hydrogens (tertiary/aromatic N) is 6. The molecule has 10 heteroatoms. The van der Waals surface area contributed by atoms with Crippen LogP contribution in [0.4, 0.5) is 11.6 Å². The minimum Gasteiger partial charge on any atom is -0.394 e. The fourth-order valence-corrected chi connectivity index (χ4v) is 2.98. The van der Waals surface area contributed by atoms with Crippen molar-refractivity contribution in [2.24, 2.45) is 5.84 Å². The maximum atomic E-state index is 9.05. The predicted octanol–water partition coefficient (Wildman–Crippen LogP) is 0.222. The second-order valence-corrected chi connectivity index (χ2v) is 6.40. The maximum absolute atomic E-state index is 9.05. The highest BCUT2D eigenvalue weighted by atomic mass is 16.3. The molecule has 144 valence electrons. The molecule has 0 bridgehead atoms. The van der Waals surface area contributed by atoms with E-state index in [0.717, 1.165) is 16.6 Å². The molecule has 0 aliphatic rings. The first-order chi connectivity index (χ1) is 13.7. The molecule has 0 aliphatic heterocycles. The van der Waals surface area contributed by atoms with Gasteiger partial charge in [0, 0.05) is 24.2 Å². The molecular weight excluding hydrogens is 358 g/mol. The van der Waals surface area contributed by atoms with Crippen LogP contribution in [0.2, 0.25) is 0 Å². The van der Waals surface area contributed by atoms with Crippen molar-refractivity contribution >= 4 is 17.2 Å². The molecule has 0 radical (unpaired) electrons. The summed E-state index contributed by atoms with van der Waals surface area (Å²) >= 11 is 0. The number of hydrogen-bond acceptors (Lipinski definition) is 7. The van der Waals surface area contributed by atoms with Gasteiger partial charge in [0.1, 0.15) is 0 Å². The molecule has 10 nitrogen and oxygen atoms in total. The molecule has 0 amide bonds. The molecule has 4 aromatic heterocycles. The van der Waals surface area contributed by atoms with E-state index >= 15 is 0 Å². The molecule has 0 saturated heterocycles. The van der Waals surface area contributed by atoms with Crippen molar-refractivity contribution in [1.82, 2.24) is 29.4 Å². The van der Waals surface area contributed by atoms with Gasteiger partial charge in [-0.1, -0.05) is 0 Å². The molecule has 4 aromatic rings. The topological polar surface area (TPSA) is 136 Å². The van der Waals surface area contributed by atoms with Gasteiger partial charge in [-0.25, -0.2) is 14.9 Å². The van der Waals surface area contributed by atoms with Crippen LogP contribution in [0.3, 0.4) is 0 Å². The molecule has 6 N–H and O–H groups in total. The van der Waals surface area contributed by atoms with Crippen molar-refractivity contribution in [1.29, 1.82) is 0 Å². The van der Waals surface area contributed by atoms with Crippen molar-refractivity contribution in [3.05, 3.63) is 54.7 Å². The lowest BCUT2D eigenvalue weighted by atomic mass is 10.1. The van der Waals surface area contributed by atoms with Gasteiger partial charge < -0.3 is 10.4 Å². The summed E-state index contributed by atoms with van der Waals surface area (Å²) in [6.07, 6.45) is 8.88. The molecule has 1 atom stereocenters. The molecule has 0 fully saturated rings. The Hall–Kier alpha value is -3.34. The number of pyridine rings is 1. The van der Waals surface area contributed by atoms with Crippen molar-refractivity contribution in [2.75, 3.05) is 11.9 Å². The molecule has 0 aromatic carbocycles. The smallest absolute Gasteiger partial charge is 0.286 e. The van der Waals surface area contributed by atoms with E-state index in [2.05, 4.69) is 38.5 Å². The van der Waals surface area contributed by atoms with Gasteiger partial charge in [-0.05, 0) is 30.7 Å². The monoisotopic (exact) mass is 380 g/mol. The molecule has 0 spiro atoms. The number of aliphatic hydroxyl groups is 1. The lowest BCUT2D eigenvalue weighted by molar-refractivity contribution is -0.587. The average Bonchev–Trinajstić information content (AvgIpc) is 3.37. The molecular formula is C18H22N9O+. The third-order valence-corrected chi connectivity index (χ3v) is 4.49. The summed E-state index contributed by atoms with van der Waals surface area (Å²) in [4.78, 5) is 9.10. The van der Waals surface area contributed by atoms with E-state index in [9.17, 15) is 0 Å². The van der Waals surface area contributed by atoms with E-state index in [1.807, 2.05) is 29.0 Å². The Morgan fingerprint density at radius 3 is 3.00 bits per heavy atom. The molecule has 4 heterocycles. The molecule has 1 unspecified atom stereocenters. The van der Waals surface area contributed by atoms with Crippen LogP contribution in [0.15, 0.2) is 49.2 Å². The summed E-state index contributed by atoms with van der Waals surface area (Å²) in [7, 11) is 0. The van der Waals surface area contributed by atoms with E-state index in [-0.39, 0.29) is 12.6 Å². The summed E-state index contributed by atoms with van der Waals surface area (Å²) in [6.45, 7) is 2.51. The number of nitrogens with two attached hydrogens (primary N) is 2. The van der Waals surface area contributed by atoms with Crippen LogP contribution in [-0.2, 0) is 6.54 Å². The Bertz CT molecular complexity index is 1090. The Morgan fingerprint density at radius 2 is 2.18 bits per heavy atom. The number of rotatable bonds is 7. The van der Waals surface area contributed by atoms with Gasteiger partial charge in [0.15, 0.2) is 0 Å². The van der Waals surface area contributed by atoms with E-state index in [4.69, 9.17) is 10.9 Å². The number of nitrogens with one attached hydrogen (secondary N) is 1. The number of aromatic nitrogens is 6. The number of quaternary nitrogens is 1. The van der Waals surface area contributed by atoms with E-state index in [1.54, 1.807) is 23.3 Å². The molecule has 4 rings (SSSR count). The van der Waals surface area contributed by atoms with Crippen LogP contribution < -0.4 is 16.6 Å². The number of anilines is 1. The number of aliphatic hydroxyl groups excluding tert-OH is 1. The van der Waals surface area contributed by atoms with E-state index in [1.165, 1.54) is 5.43 Å². The summed E-state index contributed by atoms with van der Waals surface area (Å²) < 4.78 is 3.48. The normalized spacial score (nSPS) is 12.4. The second kappa shape index (κ2) is 7.72. The zero-order valence-electron chi connectivity index (χ0n) is 15.4. The molecule has 28 heavy (non-hydrogen) atoms. The highest BCUT2D eigenvalue weighted by molar-refractivity contribution is 5.62. The van der Waals surface area contributed by atoms with Gasteiger partial charge in [-0.3, -0.25) is 4.68 Å². The Kier molecular flexibility index (Phi) is 4.98. The minimum absolute atomic E-state index is 0.0136. The number of hydrogen-bond donors (Lipinski definition) is 4. The van der Waals surface area contributed by atoms with Gasteiger partial charge in [-0.15, -0.1) is 0 Å². The van der Waals surface area contributed by atoms with Crippen molar-refractivity contribution in [3.8, 4) is 11.3 Å². The van der Waals surface area contributed by atoms with Gasteiger partial charge in [0.25, 0.3) is 5.82 Å². The van der Waals surface area contributed by atoms with E-state index in [0.29, 0.717) is 23.9 Å². The highest BCUT2D eigenvalue weighted by Gasteiger charge is 2.16. The Labute approximate surface area is 161 Å². The fourth-order valence-electron chi connectivity index (χ4n) is 2.98. The standard InChI is InChI=1S/C18H21N9O/c1-12(13-3-5-27-15(8-13)2-4-21-27)23-18-17(25-19)20-10-16(24-18)14-9-22-26(11-14)6-7-28/h2-5,8-12,28H,6-7,19H2,1H3,(H,20,25)(H,23,24)/p+1. The van der Waals surface area contributed by atoms with Gasteiger partial charge in [-0.2, -0.15) is 21.0 Å². The fraction of sp³-hybridized carbons (Fsp3) is 0.222. The van der Waals surface area contributed by atoms with Gasteiger partial charge in [0.05, 0.1) is 42.8 Å². The zero-order chi connectivity index (χ0) is 19.5. The van der Waals surface area contributed by atoms with Crippen LogP contribution >= 0.6 is 0 Å². The second-order valence-electron chi connectivity index (χ2n) is 6.40. The zero-order valence-corrected chi connectivity index (χ0v) is 15.4. The SMILES string of the molecule is CC(Nc1nc(-c2cnn(CCO)c2)cnc1[NH2+]N)c1ccn2nccc2c1. The minimum atomic E-state index is -0.0136. The largest absolute Gasteiger partial charge is 0.394 e. The predicted molar refractivity (Wildman–Crippen MR) is 103 cm³/mol. The first kappa shape index (κ1) is 18.0. The lowest BCUT2D eigenvalue weighted by Gasteiger charge is -2.16. The quantitative estimate of drug-likeness (QED) is 0.266. The lowest BCUT2D eigenvalue weighted by Crippen LogP contribution is -2.86. The maximum Gasteiger partial charge on any atom is 0.286 e. The van der Waals surface area contributed by atoms with Gasteiger partial charge in [0.2, 0.25) is 5.82 Å². The van der Waals surface area contributed by atoms with Crippen molar-refractivity contribution in [3.63, 3.8) is 0 Å². The summed E-state index contributed by atoms with van der Waals surface area (Å²) in [5, 5.41) is 20.9. The number of fused-ring (bicyclic) bond motifs is 1. The van der Waals surface area contributed by atoms with E-state index < -0.39 is 0 Å². The highest BCUT2D eigenvalue weighted by Crippen LogP contribution is 2.24. The third kappa shape index (κ3) is 3.56. The summed E-state index contributed by atoms with van der Waals surface area (Å²) in [5.41, 5.74) is 5.05. The van der Waals surface area contributed by atoms with Crippen molar-refractivity contribution < 1.29 is 10.5 Å². The molecule has 0 saturated carbocycles.